The summed E-state index contributed by atoms with van der Waals surface area (Å²) >= 11 is 1.54. The van der Waals surface area contributed by atoms with Gasteiger partial charge < -0.3 is 4.90 Å². The Morgan fingerprint density at radius 2 is 2.38 bits per heavy atom. The third kappa shape index (κ3) is 1.51. The van der Waals surface area contributed by atoms with Crippen molar-refractivity contribution in [1.82, 2.24) is 19.9 Å². The molecule has 0 bridgehead atoms. The largest absolute Gasteiger partial charge is 0.334 e. The van der Waals surface area contributed by atoms with Gasteiger partial charge in [-0.3, -0.25) is 4.79 Å². The summed E-state index contributed by atoms with van der Waals surface area (Å²) in [5, 5.41) is 11.5. The van der Waals surface area contributed by atoms with Gasteiger partial charge in [-0.1, -0.05) is 5.21 Å². The highest BCUT2D eigenvalue weighted by Gasteiger charge is 2.32. The molecule has 1 fully saturated rings. The van der Waals surface area contributed by atoms with Crippen molar-refractivity contribution in [2.75, 3.05) is 13.1 Å². The SMILES string of the molecule is O=C(c1ccsc1)N1CC(n2ccnn2)C1. The average molecular weight is 234 g/mol. The molecule has 3 heterocycles. The molecule has 1 saturated heterocycles. The van der Waals surface area contributed by atoms with Crippen molar-refractivity contribution in [3.05, 3.63) is 34.8 Å². The molecule has 0 atom stereocenters. The van der Waals surface area contributed by atoms with Gasteiger partial charge in [-0.25, -0.2) is 4.68 Å². The zero-order valence-electron chi connectivity index (χ0n) is 8.48. The molecule has 0 aliphatic carbocycles. The quantitative estimate of drug-likeness (QED) is 0.780. The highest BCUT2D eigenvalue weighted by Crippen LogP contribution is 2.22. The summed E-state index contributed by atoms with van der Waals surface area (Å²) < 4.78 is 1.80. The third-order valence-electron chi connectivity index (χ3n) is 2.73. The van der Waals surface area contributed by atoms with Crippen molar-refractivity contribution in [2.24, 2.45) is 0 Å². The van der Waals surface area contributed by atoms with Crippen LogP contribution < -0.4 is 0 Å². The lowest BCUT2D eigenvalue weighted by Crippen LogP contribution is -2.50. The first-order valence-corrected chi connectivity index (χ1v) is 5.96. The number of carbonyl (C=O) groups is 1. The second-order valence-electron chi connectivity index (χ2n) is 3.76. The monoisotopic (exact) mass is 234 g/mol. The van der Waals surface area contributed by atoms with Crippen LogP contribution in [0.4, 0.5) is 0 Å². The van der Waals surface area contributed by atoms with E-state index in [0.29, 0.717) is 0 Å². The molecular weight excluding hydrogens is 224 g/mol. The predicted octanol–water partition coefficient (Wildman–Crippen LogP) is 1.04. The minimum atomic E-state index is 0.109. The van der Waals surface area contributed by atoms with E-state index >= 15 is 0 Å². The molecule has 0 radical (unpaired) electrons. The van der Waals surface area contributed by atoms with Crippen LogP contribution in [0.2, 0.25) is 0 Å². The van der Waals surface area contributed by atoms with Gasteiger partial charge in [0.15, 0.2) is 0 Å². The Hall–Kier alpha value is -1.69. The molecule has 0 unspecified atom stereocenters. The predicted molar refractivity (Wildman–Crippen MR) is 59.3 cm³/mol. The van der Waals surface area contributed by atoms with Gasteiger partial charge in [0.2, 0.25) is 0 Å². The first-order chi connectivity index (χ1) is 7.84. The van der Waals surface area contributed by atoms with E-state index in [4.69, 9.17) is 0 Å². The Morgan fingerprint density at radius 1 is 1.50 bits per heavy atom. The standard InChI is InChI=1S/C10H10N4OS/c15-10(8-1-4-16-7-8)13-5-9(6-13)14-3-2-11-12-14/h1-4,7,9H,5-6H2. The van der Waals surface area contributed by atoms with Crippen LogP contribution in [0, 0.1) is 0 Å². The Morgan fingerprint density at radius 3 is 3.00 bits per heavy atom. The Bertz CT molecular complexity index is 473. The van der Waals surface area contributed by atoms with Crippen LogP contribution in [0.1, 0.15) is 16.4 Å². The van der Waals surface area contributed by atoms with Crippen molar-refractivity contribution in [3.8, 4) is 0 Å². The number of likely N-dealkylation sites (tertiary alicyclic amines) is 1. The average Bonchev–Trinajstić information content (AvgIpc) is 2.88. The maximum atomic E-state index is 11.9. The van der Waals surface area contributed by atoms with E-state index in [9.17, 15) is 4.79 Å². The summed E-state index contributed by atoms with van der Waals surface area (Å²) in [5.74, 6) is 0.109. The highest BCUT2D eigenvalue weighted by molar-refractivity contribution is 7.08. The van der Waals surface area contributed by atoms with Gasteiger partial charge in [0.25, 0.3) is 5.91 Å². The third-order valence-corrected chi connectivity index (χ3v) is 3.42. The first-order valence-electron chi connectivity index (χ1n) is 5.02. The molecule has 5 nitrogen and oxygen atoms in total. The zero-order chi connectivity index (χ0) is 11.0. The number of amides is 1. The number of aromatic nitrogens is 3. The normalized spacial score (nSPS) is 16.1. The summed E-state index contributed by atoms with van der Waals surface area (Å²) in [6.07, 6.45) is 3.49. The summed E-state index contributed by atoms with van der Waals surface area (Å²) in [4.78, 5) is 13.7. The van der Waals surface area contributed by atoms with E-state index < -0.39 is 0 Å². The molecule has 0 aromatic carbocycles. The van der Waals surface area contributed by atoms with Crippen LogP contribution in [0.3, 0.4) is 0 Å². The molecule has 1 amide bonds. The number of rotatable bonds is 2. The molecule has 2 aromatic rings. The highest BCUT2D eigenvalue weighted by atomic mass is 32.1. The fourth-order valence-electron chi connectivity index (χ4n) is 1.77. The van der Waals surface area contributed by atoms with Gasteiger partial charge in [-0.05, 0) is 11.4 Å². The second kappa shape index (κ2) is 3.71. The summed E-state index contributed by atoms with van der Waals surface area (Å²) in [5.41, 5.74) is 0.780. The van der Waals surface area contributed by atoms with Gasteiger partial charge in [-0.15, -0.1) is 5.10 Å². The van der Waals surface area contributed by atoms with Crippen LogP contribution in [0.25, 0.3) is 0 Å². The summed E-state index contributed by atoms with van der Waals surface area (Å²) in [6, 6.07) is 2.14. The van der Waals surface area contributed by atoms with Crippen LogP contribution >= 0.6 is 11.3 Å². The van der Waals surface area contributed by atoms with Gasteiger partial charge >= 0.3 is 0 Å². The summed E-state index contributed by atoms with van der Waals surface area (Å²) in [7, 11) is 0. The van der Waals surface area contributed by atoms with Gasteiger partial charge in [0.1, 0.15) is 0 Å². The fraction of sp³-hybridized carbons (Fsp3) is 0.300. The van der Waals surface area contributed by atoms with E-state index in [2.05, 4.69) is 10.3 Å². The number of hydrogen-bond acceptors (Lipinski definition) is 4. The van der Waals surface area contributed by atoms with Crippen LogP contribution in [0.15, 0.2) is 29.2 Å². The molecular formula is C10H10N4OS. The van der Waals surface area contributed by atoms with Crippen molar-refractivity contribution >= 4 is 17.2 Å². The number of nitrogens with zero attached hydrogens (tertiary/aromatic N) is 4. The maximum absolute atomic E-state index is 11.9. The number of thiophene rings is 1. The molecule has 0 saturated carbocycles. The van der Waals surface area contributed by atoms with Crippen molar-refractivity contribution < 1.29 is 4.79 Å². The smallest absolute Gasteiger partial charge is 0.254 e. The lowest BCUT2D eigenvalue weighted by atomic mass is 10.1. The lowest BCUT2D eigenvalue weighted by molar-refractivity contribution is 0.0499. The van der Waals surface area contributed by atoms with Gasteiger partial charge in [0.05, 0.1) is 17.8 Å². The van der Waals surface area contributed by atoms with Crippen molar-refractivity contribution in [3.63, 3.8) is 0 Å². The summed E-state index contributed by atoms with van der Waals surface area (Å²) in [6.45, 7) is 1.44. The zero-order valence-corrected chi connectivity index (χ0v) is 9.30. The molecule has 6 heteroatoms. The molecule has 16 heavy (non-hydrogen) atoms. The van der Waals surface area contributed by atoms with Crippen molar-refractivity contribution in [2.45, 2.75) is 6.04 Å². The first kappa shape index (κ1) is 9.53. The van der Waals surface area contributed by atoms with E-state index in [1.165, 1.54) is 0 Å². The van der Waals surface area contributed by atoms with Gasteiger partial charge in [0, 0.05) is 24.7 Å². The van der Waals surface area contributed by atoms with Crippen LogP contribution in [0.5, 0.6) is 0 Å². The van der Waals surface area contributed by atoms with Crippen LogP contribution in [-0.4, -0.2) is 38.9 Å². The van der Waals surface area contributed by atoms with Gasteiger partial charge in [-0.2, -0.15) is 11.3 Å². The minimum absolute atomic E-state index is 0.109. The van der Waals surface area contributed by atoms with Crippen LogP contribution in [-0.2, 0) is 0 Å². The topological polar surface area (TPSA) is 51.0 Å². The number of carbonyl (C=O) groups excluding carboxylic acids is 1. The minimum Gasteiger partial charge on any atom is -0.334 e. The maximum Gasteiger partial charge on any atom is 0.254 e. The molecule has 0 spiro atoms. The van der Waals surface area contributed by atoms with E-state index in [-0.39, 0.29) is 11.9 Å². The Labute approximate surface area is 96.3 Å². The molecule has 2 aromatic heterocycles. The van der Waals surface area contributed by atoms with E-state index in [1.807, 2.05) is 27.9 Å². The van der Waals surface area contributed by atoms with Crippen molar-refractivity contribution in [1.29, 1.82) is 0 Å². The molecule has 0 N–H and O–H groups in total. The number of hydrogen-bond donors (Lipinski definition) is 0. The Balaban J connectivity index is 1.64. The molecule has 82 valence electrons. The molecule has 1 aliphatic rings. The fourth-order valence-corrected chi connectivity index (χ4v) is 2.40. The lowest BCUT2D eigenvalue weighted by Gasteiger charge is -2.38. The molecule has 1 aliphatic heterocycles. The second-order valence-corrected chi connectivity index (χ2v) is 4.54. The molecule has 3 rings (SSSR count). The van der Waals surface area contributed by atoms with E-state index in [1.54, 1.807) is 22.2 Å². The van der Waals surface area contributed by atoms with E-state index in [0.717, 1.165) is 18.7 Å². The Kier molecular flexibility index (Phi) is 2.21.